The number of rotatable bonds is 6. The molecule has 0 spiro atoms. The number of primary amides is 1. The number of amides is 4. The molecule has 2 aromatic rings. The predicted molar refractivity (Wildman–Crippen MR) is 103 cm³/mol. The van der Waals surface area contributed by atoms with Gasteiger partial charge in [0.15, 0.2) is 0 Å². The number of carbonyl (C=O) groups is 3. The Kier molecular flexibility index (Phi) is 5.71. The second-order valence-corrected chi connectivity index (χ2v) is 6.42. The monoisotopic (exact) mass is 366 g/mol. The summed E-state index contributed by atoms with van der Waals surface area (Å²) in [5.74, 6) is -0.171. The molecule has 140 valence electrons. The number of carbonyl (C=O) groups excluding carboxylic acids is 3. The van der Waals surface area contributed by atoms with Crippen LogP contribution < -0.4 is 21.3 Å². The highest BCUT2D eigenvalue weighted by molar-refractivity contribution is 5.97. The number of nitrogens with two attached hydrogens (primary N) is 1. The van der Waals surface area contributed by atoms with E-state index in [1.807, 2.05) is 36.4 Å². The van der Waals surface area contributed by atoms with Crippen LogP contribution in [0.2, 0.25) is 0 Å². The van der Waals surface area contributed by atoms with E-state index in [9.17, 15) is 14.4 Å². The first-order chi connectivity index (χ1) is 13.0. The Labute approximate surface area is 157 Å². The van der Waals surface area contributed by atoms with Crippen molar-refractivity contribution in [1.82, 2.24) is 5.32 Å². The van der Waals surface area contributed by atoms with Gasteiger partial charge in [-0.3, -0.25) is 9.59 Å². The molecule has 1 fully saturated rings. The standard InChI is InChI=1S/C20H22N4O3/c21-20(27)23-17(14-6-2-1-3-7-14)13-18(25)22-15-8-4-9-16(12-15)24-11-5-10-19(24)26/h1-4,6-9,12,17H,5,10-11,13H2,(H,22,25)(H3,21,23,27). The van der Waals surface area contributed by atoms with Crippen LogP contribution in [0.15, 0.2) is 54.6 Å². The Hall–Kier alpha value is -3.35. The Morgan fingerprint density at radius 1 is 1.11 bits per heavy atom. The van der Waals surface area contributed by atoms with Crippen LogP contribution in [0.3, 0.4) is 0 Å². The van der Waals surface area contributed by atoms with Gasteiger partial charge in [0.2, 0.25) is 11.8 Å². The Morgan fingerprint density at radius 3 is 2.56 bits per heavy atom. The van der Waals surface area contributed by atoms with Crippen molar-refractivity contribution in [3.05, 3.63) is 60.2 Å². The van der Waals surface area contributed by atoms with Gasteiger partial charge >= 0.3 is 6.03 Å². The average Bonchev–Trinajstić information content (AvgIpc) is 3.08. The molecule has 27 heavy (non-hydrogen) atoms. The van der Waals surface area contributed by atoms with Gasteiger partial charge in [-0.15, -0.1) is 0 Å². The molecule has 7 heteroatoms. The summed E-state index contributed by atoms with van der Waals surface area (Å²) in [6.07, 6.45) is 1.43. The summed E-state index contributed by atoms with van der Waals surface area (Å²) >= 11 is 0. The van der Waals surface area contributed by atoms with E-state index in [-0.39, 0.29) is 18.2 Å². The number of anilines is 2. The number of nitrogens with one attached hydrogen (secondary N) is 2. The van der Waals surface area contributed by atoms with Crippen molar-refractivity contribution in [3.8, 4) is 0 Å². The highest BCUT2D eigenvalue weighted by Crippen LogP contribution is 2.25. The van der Waals surface area contributed by atoms with Crippen molar-refractivity contribution < 1.29 is 14.4 Å². The van der Waals surface area contributed by atoms with Gasteiger partial charge in [0, 0.05) is 24.3 Å². The Balaban J connectivity index is 1.69. The fourth-order valence-corrected chi connectivity index (χ4v) is 3.18. The first kappa shape index (κ1) is 18.4. The first-order valence-electron chi connectivity index (χ1n) is 8.84. The lowest BCUT2D eigenvalue weighted by atomic mass is 10.0. The number of nitrogens with zero attached hydrogens (tertiary/aromatic N) is 1. The van der Waals surface area contributed by atoms with Gasteiger partial charge in [-0.05, 0) is 30.2 Å². The largest absolute Gasteiger partial charge is 0.352 e. The van der Waals surface area contributed by atoms with Crippen LogP contribution in [0.1, 0.15) is 30.9 Å². The molecule has 1 atom stereocenters. The molecule has 7 nitrogen and oxygen atoms in total. The minimum atomic E-state index is -0.689. The van der Waals surface area contributed by atoms with Crippen LogP contribution >= 0.6 is 0 Å². The molecule has 1 aliphatic rings. The molecule has 0 bridgehead atoms. The molecule has 1 saturated heterocycles. The normalized spacial score (nSPS) is 14.7. The molecular weight excluding hydrogens is 344 g/mol. The molecule has 3 rings (SSSR count). The van der Waals surface area contributed by atoms with Crippen molar-refractivity contribution in [2.24, 2.45) is 5.73 Å². The average molecular weight is 366 g/mol. The third-order valence-corrected chi connectivity index (χ3v) is 4.42. The predicted octanol–water partition coefficient (Wildman–Crippen LogP) is 2.55. The summed E-state index contributed by atoms with van der Waals surface area (Å²) in [6, 6.07) is 15.2. The molecule has 1 heterocycles. The van der Waals surface area contributed by atoms with Gasteiger partial charge in [0.1, 0.15) is 0 Å². The van der Waals surface area contributed by atoms with Crippen LogP contribution in [0.4, 0.5) is 16.2 Å². The van der Waals surface area contributed by atoms with Gasteiger partial charge in [0.05, 0.1) is 12.5 Å². The van der Waals surface area contributed by atoms with Crippen LogP contribution in [-0.4, -0.2) is 24.4 Å². The van der Waals surface area contributed by atoms with Gasteiger partial charge in [0.25, 0.3) is 0 Å². The molecule has 0 aromatic heterocycles. The lowest BCUT2D eigenvalue weighted by molar-refractivity contribution is -0.117. The molecule has 0 saturated carbocycles. The zero-order valence-corrected chi connectivity index (χ0v) is 14.9. The topological polar surface area (TPSA) is 105 Å². The highest BCUT2D eigenvalue weighted by Gasteiger charge is 2.22. The summed E-state index contributed by atoms with van der Waals surface area (Å²) in [5, 5.41) is 5.42. The molecule has 1 aliphatic heterocycles. The number of hydrogen-bond acceptors (Lipinski definition) is 3. The number of urea groups is 1. The summed E-state index contributed by atoms with van der Waals surface area (Å²) in [4.78, 5) is 37.4. The van der Waals surface area contributed by atoms with E-state index < -0.39 is 12.1 Å². The Bertz CT molecular complexity index is 838. The van der Waals surface area contributed by atoms with Crippen molar-refractivity contribution in [3.63, 3.8) is 0 Å². The minimum Gasteiger partial charge on any atom is -0.352 e. The molecule has 4 amide bonds. The van der Waals surface area contributed by atoms with Gasteiger partial charge in [-0.2, -0.15) is 0 Å². The Morgan fingerprint density at radius 2 is 1.89 bits per heavy atom. The second kappa shape index (κ2) is 8.35. The van der Waals surface area contributed by atoms with E-state index in [0.717, 1.165) is 17.7 Å². The van der Waals surface area contributed by atoms with Crippen LogP contribution in [-0.2, 0) is 9.59 Å². The van der Waals surface area contributed by atoms with Crippen molar-refractivity contribution >= 4 is 29.2 Å². The van der Waals surface area contributed by atoms with E-state index >= 15 is 0 Å². The fraction of sp³-hybridized carbons (Fsp3) is 0.250. The summed E-state index contributed by atoms with van der Waals surface area (Å²) in [6.45, 7) is 0.689. The summed E-state index contributed by atoms with van der Waals surface area (Å²) in [7, 11) is 0. The summed E-state index contributed by atoms with van der Waals surface area (Å²) < 4.78 is 0. The zero-order chi connectivity index (χ0) is 19.2. The molecule has 2 aromatic carbocycles. The lowest BCUT2D eigenvalue weighted by Crippen LogP contribution is -2.35. The lowest BCUT2D eigenvalue weighted by Gasteiger charge is -2.19. The smallest absolute Gasteiger partial charge is 0.312 e. The molecule has 0 aliphatic carbocycles. The zero-order valence-electron chi connectivity index (χ0n) is 14.9. The maximum atomic E-state index is 12.5. The number of hydrogen-bond donors (Lipinski definition) is 3. The molecular formula is C20H22N4O3. The quantitative estimate of drug-likeness (QED) is 0.732. The molecule has 4 N–H and O–H groups in total. The van der Waals surface area contributed by atoms with E-state index in [2.05, 4.69) is 10.6 Å². The third kappa shape index (κ3) is 4.84. The van der Waals surface area contributed by atoms with E-state index in [0.29, 0.717) is 18.7 Å². The summed E-state index contributed by atoms with van der Waals surface area (Å²) in [5.41, 5.74) is 7.41. The van der Waals surface area contributed by atoms with Crippen LogP contribution in [0.25, 0.3) is 0 Å². The number of benzene rings is 2. The molecule has 1 unspecified atom stereocenters. The van der Waals surface area contributed by atoms with E-state index in [4.69, 9.17) is 5.73 Å². The second-order valence-electron chi connectivity index (χ2n) is 6.42. The SMILES string of the molecule is NC(=O)NC(CC(=O)Nc1cccc(N2CCCC2=O)c1)c1ccccc1. The van der Waals surface area contributed by atoms with Crippen molar-refractivity contribution in [2.45, 2.75) is 25.3 Å². The first-order valence-corrected chi connectivity index (χ1v) is 8.84. The third-order valence-electron chi connectivity index (χ3n) is 4.42. The van der Waals surface area contributed by atoms with Crippen molar-refractivity contribution in [2.75, 3.05) is 16.8 Å². The fourth-order valence-electron chi connectivity index (χ4n) is 3.18. The van der Waals surface area contributed by atoms with Gasteiger partial charge in [-0.25, -0.2) is 4.79 Å². The van der Waals surface area contributed by atoms with E-state index in [1.54, 1.807) is 23.1 Å². The minimum absolute atomic E-state index is 0.0415. The van der Waals surface area contributed by atoms with Crippen molar-refractivity contribution in [1.29, 1.82) is 0 Å². The van der Waals surface area contributed by atoms with Crippen LogP contribution in [0.5, 0.6) is 0 Å². The van der Waals surface area contributed by atoms with Gasteiger partial charge in [-0.1, -0.05) is 36.4 Å². The van der Waals surface area contributed by atoms with Crippen LogP contribution in [0, 0.1) is 0 Å². The van der Waals surface area contributed by atoms with Gasteiger partial charge < -0.3 is 21.3 Å². The maximum absolute atomic E-state index is 12.5. The highest BCUT2D eigenvalue weighted by atomic mass is 16.2. The maximum Gasteiger partial charge on any atom is 0.312 e. The molecule has 0 radical (unpaired) electrons. The van der Waals surface area contributed by atoms with E-state index in [1.165, 1.54) is 0 Å².